The van der Waals surface area contributed by atoms with Crippen LogP contribution in [-0.4, -0.2) is 25.0 Å². The minimum atomic E-state index is -4.51. The van der Waals surface area contributed by atoms with Crippen molar-refractivity contribution in [2.75, 3.05) is 20.1 Å². The highest BCUT2D eigenvalue weighted by molar-refractivity contribution is 5.59. The summed E-state index contributed by atoms with van der Waals surface area (Å²) in [6.45, 7) is 1.26. The lowest BCUT2D eigenvalue weighted by Gasteiger charge is -2.29. The van der Waals surface area contributed by atoms with E-state index in [0.29, 0.717) is 23.8 Å². The van der Waals surface area contributed by atoms with E-state index < -0.39 is 17.5 Å². The van der Waals surface area contributed by atoms with Crippen LogP contribution in [0, 0.1) is 0 Å². The second kappa shape index (κ2) is 6.91. The molecule has 1 spiro atoms. The van der Waals surface area contributed by atoms with Crippen molar-refractivity contribution in [1.29, 1.82) is 0 Å². The molecule has 0 amide bonds. The topological polar surface area (TPSA) is 53.3 Å². The minimum Gasteiger partial charge on any atom is -0.489 e. The molecule has 0 N–H and O–H groups in total. The third-order valence-electron chi connectivity index (χ3n) is 6.00. The standard InChI is InChI=1S/C23H18F3NO5/c24-23(25,26)21-6-5-15(32-21)10-27-9-14-3-1-2-4-16(14)22(31-12-27)11-28-18-8-20-19(7-17(18)22)29-13-30-20/h1-8H,9-13H2. The first kappa shape index (κ1) is 19.5. The molecule has 4 heterocycles. The van der Waals surface area contributed by atoms with Gasteiger partial charge in [-0.3, -0.25) is 4.90 Å². The van der Waals surface area contributed by atoms with Crippen molar-refractivity contribution in [3.8, 4) is 17.2 Å². The van der Waals surface area contributed by atoms with Crippen LogP contribution >= 0.6 is 0 Å². The van der Waals surface area contributed by atoms with E-state index in [1.807, 2.05) is 41.3 Å². The van der Waals surface area contributed by atoms with Gasteiger partial charge in [-0.1, -0.05) is 24.3 Å². The lowest BCUT2D eigenvalue weighted by atomic mass is 9.85. The van der Waals surface area contributed by atoms with Crippen molar-refractivity contribution >= 4 is 0 Å². The van der Waals surface area contributed by atoms with Crippen LogP contribution in [0.15, 0.2) is 52.9 Å². The predicted octanol–water partition coefficient (Wildman–Crippen LogP) is 4.65. The predicted molar refractivity (Wildman–Crippen MR) is 104 cm³/mol. The van der Waals surface area contributed by atoms with Gasteiger partial charge in [0.2, 0.25) is 12.6 Å². The van der Waals surface area contributed by atoms with Crippen molar-refractivity contribution in [3.63, 3.8) is 0 Å². The number of hydrogen-bond acceptors (Lipinski definition) is 6. The van der Waals surface area contributed by atoms with Crippen LogP contribution < -0.4 is 14.2 Å². The summed E-state index contributed by atoms with van der Waals surface area (Å²) in [5, 5.41) is 0. The number of alkyl halides is 3. The molecule has 0 aliphatic carbocycles. The highest BCUT2D eigenvalue weighted by Gasteiger charge is 2.48. The summed E-state index contributed by atoms with van der Waals surface area (Å²) in [6, 6.07) is 13.9. The summed E-state index contributed by atoms with van der Waals surface area (Å²) in [7, 11) is 0. The number of rotatable bonds is 2. The van der Waals surface area contributed by atoms with Gasteiger partial charge >= 0.3 is 6.18 Å². The van der Waals surface area contributed by atoms with Crippen molar-refractivity contribution in [2.45, 2.75) is 24.9 Å². The Labute approximate surface area is 181 Å². The highest BCUT2D eigenvalue weighted by Crippen LogP contribution is 2.51. The van der Waals surface area contributed by atoms with E-state index in [0.717, 1.165) is 22.8 Å². The van der Waals surface area contributed by atoms with Gasteiger partial charge in [-0.15, -0.1) is 0 Å². The van der Waals surface area contributed by atoms with Crippen LogP contribution in [0.1, 0.15) is 28.2 Å². The summed E-state index contributed by atoms with van der Waals surface area (Å²) in [4.78, 5) is 1.90. The molecule has 166 valence electrons. The molecule has 3 aliphatic heterocycles. The smallest absolute Gasteiger partial charge is 0.449 e. The average molecular weight is 445 g/mol. The first-order chi connectivity index (χ1) is 15.4. The molecule has 0 fully saturated rings. The van der Waals surface area contributed by atoms with Gasteiger partial charge in [0.25, 0.3) is 0 Å². The van der Waals surface area contributed by atoms with Gasteiger partial charge in [0.1, 0.15) is 24.8 Å². The zero-order valence-electron chi connectivity index (χ0n) is 16.8. The summed E-state index contributed by atoms with van der Waals surface area (Å²) < 4.78 is 67.2. The third kappa shape index (κ3) is 3.03. The SMILES string of the molecule is FC(F)(F)c1ccc(CN2COC3(COc4cc5c(cc43)OCO5)c3ccccc3C2)o1. The van der Waals surface area contributed by atoms with E-state index in [9.17, 15) is 13.2 Å². The zero-order valence-corrected chi connectivity index (χ0v) is 16.8. The molecular formula is C23H18F3NO5. The molecular weight excluding hydrogens is 427 g/mol. The quantitative estimate of drug-likeness (QED) is 0.572. The van der Waals surface area contributed by atoms with Gasteiger partial charge in [0, 0.05) is 18.2 Å². The Bertz CT molecular complexity index is 1190. The Morgan fingerprint density at radius 2 is 1.72 bits per heavy atom. The van der Waals surface area contributed by atoms with Crippen LogP contribution in [0.3, 0.4) is 0 Å². The average Bonchev–Trinajstić information content (AvgIpc) is 3.47. The Balaban J connectivity index is 1.35. The molecule has 0 radical (unpaired) electrons. The fraction of sp³-hybridized carbons (Fsp3) is 0.304. The third-order valence-corrected chi connectivity index (χ3v) is 6.00. The molecule has 32 heavy (non-hydrogen) atoms. The van der Waals surface area contributed by atoms with Gasteiger partial charge in [-0.05, 0) is 29.3 Å². The van der Waals surface area contributed by atoms with Crippen molar-refractivity contribution in [3.05, 3.63) is 76.7 Å². The molecule has 0 bridgehead atoms. The molecule has 3 aliphatic rings. The molecule has 1 atom stereocenters. The van der Waals surface area contributed by atoms with Crippen molar-refractivity contribution in [2.24, 2.45) is 0 Å². The molecule has 3 aromatic rings. The first-order valence-corrected chi connectivity index (χ1v) is 10.1. The fourth-order valence-electron chi connectivity index (χ4n) is 4.51. The molecule has 0 saturated carbocycles. The first-order valence-electron chi connectivity index (χ1n) is 10.1. The lowest BCUT2D eigenvalue weighted by Crippen LogP contribution is -2.35. The summed E-state index contributed by atoms with van der Waals surface area (Å²) in [5.41, 5.74) is 1.94. The maximum absolute atomic E-state index is 12.9. The van der Waals surface area contributed by atoms with E-state index in [1.165, 1.54) is 6.07 Å². The van der Waals surface area contributed by atoms with Gasteiger partial charge < -0.3 is 23.4 Å². The summed E-state index contributed by atoms with van der Waals surface area (Å²) in [5.74, 6) is 1.14. The number of hydrogen-bond donors (Lipinski definition) is 0. The van der Waals surface area contributed by atoms with E-state index in [2.05, 4.69) is 0 Å². The Hall–Kier alpha value is -3.17. The van der Waals surface area contributed by atoms with Crippen LogP contribution in [0.5, 0.6) is 17.2 Å². The second-order valence-electron chi connectivity index (χ2n) is 8.00. The number of benzene rings is 2. The van der Waals surface area contributed by atoms with Crippen molar-refractivity contribution in [1.82, 2.24) is 4.90 Å². The fourth-order valence-corrected chi connectivity index (χ4v) is 4.51. The number of nitrogens with zero attached hydrogens (tertiary/aromatic N) is 1. The number of furan rings is 1. The highest BCUT2D eigenvalue weighted by atomic mass is 19.4. The molecule has 1 aromatic heterocycles. The van der Waals surface area contributed by atoms with E-state index in [-0.39, 0.29) is 32.4 Å². The summed E-state index contributed by atoms with van der Waals surface area (Å²) in [6.07, 6.45) is -4.51. The van der Waals surface area contributed by atoms with Crippen LogP contribution in [0.25, 0.3) is 0 Å². The van der Waals surface area contributed by atoms with Crippen LogP contribution in [0.2, 0.25) is 0 Å². The normalized spacial score (nSPS) is 21.8. The monoisotopic (exact) mass is 445 g/mol. The van der Waals surface area contributed by atoms with E-state index in [1.54, 1.807) is 0 Å². The second-order valence-corrected chi connectivity index (χ2v) is 8.00. The van der Waals surface area contributed by atoms with E-state index in [4.69, 9.17) is 23.4 Å². The maximum atomic E-state index is 12.9. The van der Waals surface area contributed by atoms with E-state index >= 15 is 0 Å². The van der Waals surface area contributed by atoms with Gasteiger partial charge in [0.05, 0.1) is 6.54 Å². The minimum absolute atomic E-state index is 0.152. The van der Waals surface area contributed by atoms with Crippen LogP contribution in [-0.2, 0) is 29.6 Å². The van der Waals surface area contributed by atoms with Gasteiger partial charge in [-0.25, -0.2) is 0 Å². The number of halogens is 3. The summed E-state index contributed by atoms with van der Waals surface area (Å²) >= 11 is 0. The molecule has 0 saturated heterocycles. The molecule has 6 rings (SSSR count). The molecule has 2 aromatic carbocycles. The lowest BCUT2D eigenvalue weighted by molar-refractivity contribution is -0.153. The van der Waals surface area contributed by atoms with Gasteiger partial charge in [-0.2, -0.15) is 13.2 Å². The molecule has 6 nitrogen and oxygen atoms in total. The Morgan fingerprint density at radius 1 is 0.906 bits per heavy atom. The number of fused-ring (bicyclic) bond motifs is 5. The number of ether oxygens (including phenoxy) is 4. The van der Waals surface area contributed by atoms with Crippen LogP contribution in [0.4, 0.5) is 13.2 Å². The maximum Gasteiger partial charge on any atom is 0.449 e. The zero-order chi connectivity index (χ0) is 21.9. The Morgan fingerprint density at radius 3 is 2.53 bits per heavy atom. The molecule has 1 unspecified atom stereocenters. The molecule has 9 heteroatoms. The van der Waals surface area contributed by atoms with Crippen molar-refractivity contribution < 1.29 is 36.5 Å². The largest absolute Gasteiger partial charge is 0.489 e. The Kier molecular flexibility index (Phi) is 4.22. The van der Waals surface area contributed by atoms with Gasteiger partial charge in [0.15, 0.2) is 17.1 Å².